The highest BCUT2D eigenvalue weighted by Crippen LogP contribution is 2.35. The second-order valence-electron chi connectivity index (χ2n) is 3.97. The van der Waals surface area contributed by atoms with Crippen molar-refractivity contribution in [2.75, 3.05) is 18.0 Å². The molecule has 1 fully saturated rings. The molecule has 2 rings (SSSR count). The lowest BCUT2D eigenvalue weighted by Gasteiger charge is -2.20. The van der Waals surface area contributed by atoms with Crippen LogP contribution in [0.25, 0.3) is 0 Å². The van der Waals surface area contributed by atoms with E-state index in [0.717, 1.165) is 30.8 Å². The van der Waals surface area contributed by atoms with Crippen LogP contribution in [0.4, 0.5) is 18.3 Å². The van der Waals surface area contributed by atoms with Crippen LogP contribution in [0.3, 0.4) is 0 Å². The minimum Gasteiger partial charge on any atom is -0.344 e. The fourth-order valence-electron chi connectivity index (χ4n) is 1.53. The van der Waals surface area contributed by atoms with Gasteiger partial charge in [0.25, 0.3) is 0 Å². The molecule has 0 unspecified atom stereocenters. The van der Waals surface area contributed by atoms with Crippen LogP contribution < -0.4 is 10.6 Å². The zero-order valence-corrected chi connectivity index (χ0v) is 9.89. The maximum atomic E-state index is 12.4. The van der Waals surface area contributed by atoms with Crippen molar-refractivity contribution < 1.29 is 13.2 Å². The highest BCUT2D eigenvalue weighted by atomic mass is 32.1. The summed E-state index contributed by atoms with van der Waals surface area (Å²) in [5, 5.41) is 0.355. The second kappa shape index (κ2) is 4.77. The highest BCUT2D eigenvalue weighted by molar-refractivity contribution is 7.09. The van der Waals surface area contributed by atoms with Crippen molar-refractivity contribution >= 4 is 16.7 Å². The van der Waals surface area contributed by atoms with Crippen LogP contribution in [0.1, 0.15) is 25.1 Å². The van der Waals surface area contributed by atoms with Crippen molar-refractivity contribution in [2.45, 2.75) is 31.5 Å². The van der Waals surface area contributed by atoms with Crippen molar-refractivity contribution in [2.24, 2.45) is 5.73 Å². The number of alkyl halides is 3. The first-order valence-corrected chi connectivity index (χ1v) is 6.17. The third-order valence-electron chi connectivity index (χ3n) is 2.51. The van der Waals surface area contributed by atoms with Gasteiger partial charge in [0.15, 0.2) is 0 Å². The molecule has 1 aromatic rings. The summed E-state index contributed by atoms with van der Waals surface area (Å²) in [6.07, 6.45) is -1.70. The molecule has 0 radical (unpaired) electrons. The number of rotatable bonds is 5. The van der Waals surface area contributed by atoms with Crippen LogP contribution in [0.2, 0.25) is 0 Å². The highest BCUT2D eigenvalue weighted by Gasteiger charge is 2.38. The molecule has 0 spiro atoms. The summed E-state index contributed by atoms with van der Waals surface area (Å²) in [4.78, 5) is 5.45. The molecule has 1 heterocycles. The fraction of sp³-hybridized carbons (Fsp3) is 0.778. The Morgan fingerprint density at radius 1 is 1.41 bits per heavy atom. The summed E-state index contributed by atoms with van der Waals surface area (Å²) in [7, 11) is 0. The van der Waals surface area contributed by atoms with Gasteiger partial charge in [-0.15, -0.1) is 0 Å². The van der Waals surface area contributed by atoms with E-state index >= 15 is 0 Å². The molecule has 96 valence electrons. The molecule has 1 saturated carbocycles. The number of hydrogen-bond acceptors (Lipinski definition) is 5. The number of nitrogens with two attached hydrogens (primary N) is 1. The Morgan fingerprint density at radius 3 is 2.59 bits per heavy atom. The van der Waals surface area contributed by atoms with Gasteiger partial charge in [-0.3, -0.25) is 0 Å². The third kappa shape index (κ3) is 3.06. The van der Waals surface area contributed by atoms with Gasteiger partial charge in [-0.2, -0.15) is 22.5 Å². The van der Waals surface area contributed by atoms with Crippen molar-refractivity contribution in [1.29, 1.82) is 0 Å². The number of aromatic nitrogens is 2. The van der Waals surface area contributed by atoms with E-state index in [-0.39, 0.29) is 0 Å². The minimum absolute atomic E-state index is 0.315. The molecule has 0 atom stereocenters. The van der Waals surface area contributed by atoms with Crippen molar-refractivity contribution in [3.63, 3.8) is 0 Å². The first-order valence-electron chi connectivity index (χ1n) is 5.40. The molecule has 2 N–H and O–H groups in total. The normalized spacial score (nSPS) is 16.2. The minimum atomic E-state index is -4.46. The van der Waals surface area contributed by atoms with Crippen LogP contribution in [-0.2, 0) is 6.18 Å². The van der Waals surface area contributed by atoms with Gasteiger partial charge in [-0.1, -0.05) is 0 Å². The van der Waals surface area contributed by atoms with Gasteiger partial charge in [0.05, 0.1) is 0 Å². The predicted molar refractivity (Wildman–Crippen MR) is 59.0 cm³/mol. The van der Waals surface area contributed by atoms with Gasteiger partial charge in [0, 0.05) is 24.1 Å². The van der Waals surface area contributed by atoms with E-state index in [1.54, 1.807) is 0 Å². The average molecular weight is 266 g/mol. The summed E-state index contributed by atoms with van der Waals surface area (Å²) in [5.41, 5.74) is 5.41. The van der Waals surface area contributed by atoms with Crippen molar-refractivity contribution in [3.8, 4) is 0 Å². The first kappa shape index (κ1) is 12.6. The number of hydrogen-bond donors (Lipinski definition) is 1. The number of nitrogens with zero attached hydrogens (tertiary/aromatic N) is 3. The third-order valence-corrected chi connectivity index (χ3v) is 3.26. The first-order chi connectivity index (χ1) is 8.02. The summed E-state index contributed by atoms with van der Waals surface area (Å²) >= 11 is 0.807. The van der Waals surface area contributed by atoms with Crippen LogP contribution >= 0.6 is 11.5 Å². The quantitative estimate of drug-likeness (QED) is 0.884. The number of anilines is 1. The van der Waals surface area contributed by atoms with Gasteiger partial charge < -0.3 is 10.6 Å². The monoisotopic (exact) mass is 266 g/mol. The Labute approximate surface area is 101 Å². The van der Waals surface area contributed by atoms with Gasteiger partial charge in [0.2, 0.25) is 11.0 Å². The molecule has 8 heteroatoms. The van der Waals surface area contributed by atoms with Gasteiger partial charge in [0.1, 0.15) is 0 Å². The Hall–Kier alpha value is -0.890. The van der Waals surface area contributed by atoms with Gasteiger partial charge >= 0.3 is 6.18 Å². The largest absolute Gasteiger partial charge is 0.452 e. The van der Waals surface area contributed by atoms with Crippen LogP contribution in [0.15, 0.2) is 0 Å². The van der Waals surface area contributed by atoms with E-state index in [1.807, 2.05) is 4.90 Å². The van der Waals surface area contributed by atoms with E-state index in [2.05, 4.69) is 9.36 Å². The van der Waals surface area contributed by atoms with Gasteiger partial charge in [-0.25, -0.2) is 0 Å². The summed E-state index contributed by atoms with van der Waals surface area (Å²) < 4.78 is 40.5. The Balaban J connectivity index is 2.10. The van der Waals surface area contributed by atoms with E-state index in [1.165, 1.54) is 0 Å². The molecule has 0 amide bonds. The van der Waals surface area contributed by atoms with E-state index in [4.69, 9.17) is 5.73 Å². The predicted octanol–water partition coefficient (Wildman–Crippen LogP) is 1.87. The van der Waals surface area contributed by atoms with E-state index in [9.17, 15) is 13.2 Å². The Kier molecular flexibility index (Phi) is 3.53. The van der Waals surface area contributed by atoms with Crippen molar-refractivity contribution in [1.82, 2.24) is 9.36 Å². The van der Waals surface area contributed by atoms with Crippen LogP contribution in [-0.4, -0.2) is 28.5 Å². The smallest absolute Gasteiger partial charge is 0.344 e. The molecule has 1 aliphatic carbocycles. The SMILES string of the molecule is NCCCN(c1nc(C(F)(F)F)ns1)C1CC1. The topological polar surface area (TPSA) is 55.0 Å². The molecule has 1 aliphatic rings. The van der Waals surface area contributed by atoms with Crippen LogP contribution in [0, 0.1) is 0 Å². The fourth-order valence-corrected chi connectivity index (χ4v) is 2.31. The Bertz CT molecular complexity index is 375. The van der Waals surface area contributed by atoms with E-state index < -0.39 is 12.0 Å². The molecule has 0 saturated heterocycles. The molecule has 4 nitrogen and oxygen atoms in total. The number of halogens is 3. The summed E-state index contributed by atoms with van der Waals surface area (Å²) in [6.45, 7) is 1.17. The zero-order valence-electron chi connectivity index (χ0n) is 9.07. The summed E-state index contributed by atoms with van der Waals surface area (Å²) in [6, 6.07) is 0.315. The maximum Gasteiger partial charge on any atom is 0.452 e. The molecule has 0 bridgehead atoms. The molecular formula is C9H13F3N4S. The van der Waals surface area contributed by atoms with Crippen LogP contribution in [0.5, 0.6) is 0 Å². The zero-order chi connectivity index (χ0) is 12.5. The molecule has 1 aromatic heterocycles. The maximum absolute atomic E-state index is 12.4. The molecule has 0 aliphatic heterocycles. The lowest BCUT2D eigenvalue weighted by Crippen LogP contribution is -2.28. The Morgan fingerprint density at radius 2 is 2.12 bits per heavy atom. The van der Waals surface area contributed by atoms with E-state index in [0.29, 0.717) is 24.3 Å². The lowest BCUT2D eigenvalue weighted by molar-refractivity contribution is -0.144. The molecule has 17 heavy (non-hydrogen) atoms. The lowest BCUT2D eigenvalue weighted by atomic mass is 10.4. The summed E-state index contributed by atoms with van der Waals surface area (Å²) in [5.74, 6) is -1.05. The van der Waals surface area contributed by atoms with Crippen molar-refractivity contribution in [3.05, 3.63) is 5.82 Å². The standard InChI is InChI=1S/C9H13F3N4S/c10-9(11,12)7-14-8(17-15-7)16(5-1-4-13)6-2-3-6/h6H,1-5,13H2. The average Bonchev–Trinajstić information content (AvgIpc) is 2.94. The molecular weight excluding hydrogens is 253 g/mol. The molecule has 0 aromatic carbocycles. The second-order valence-corrected chi connectivity index (χ2v) is 4.70. The van der Waals surface area contributed by atoms with Gasteiger partial charge in [-0.05, 0) is 25.8 Å².